The van der Waals surface area contributed by atoms with Gasteiger partial charge in [-0.05, 0) is 31.2 Å². The van der Waals surface area contributed by atoms with Gasteiger partial charge >= 0.3 is 24.2 Å². The van der Waals surface area contributed by atoms with Crippen molar-refractivity contribution in [2.24, 2.45) is 5.11 Å². The molecule has 0 aliphatic heterocycles. The minimum absolute atomic E-state index is 0.00349. The summed E-state index contributed by atoms with van der Waals surface area (Å²) in [6.07, 6.45) is -9.17. The summed E-state index contributed by atoms with van der Waals surface area (Å²) in [6, 6.07) is 0. The molecule has 162 valence electrons. The van der Waals surface area contributed by atoms with E-state index in [4.69, 9.17) is 5.53 Å². The van der Waals surface area contributed by atoms with Crippen molar-refractivity contribution >= 4 is 11.8 Å². The number of rotatable bonds is 12. The van der Waals surface area contributed by atoms with Gasteiger partial charge in [-0.25, -0.2) is 0 Å². The monoisotopic (exact) mass is 419 g/mol. The molecule has 0 unspecified atom stereocenters. The van der Waals surface area contributed by atoms with Crippen LogP contribution in [0.15, 0.2) is 5.11 Å². The molecule has 28 heavy (non-hydrogen) atoms. The number of unbranched alkanes of at least 4 members (excludes halogenated alkanes) is 2. The molecule has 0 aromatic carbocycles. The Morgan fingerprint density at radius 1 is 0.821 bits per heavy atom. The Hall–Kier alpha value is -2.17. The van der Waals surface area contributed by atoms with Gasteiger partial charge in [-0.15, -0.1) is 0 Å². The Kier molecular flexibility index (Phi) is 11.4. The minimum Gasteiger partial charge on any atom is -0.335 e. The Labute approximate surface area is 158 Å². The van der Waals surface area contributed by atoms with E-state index < -0.39 is 24.2 Å². The van der Waals surface area contributed by atoms with Gasteiger partial charge in [0.25, 0.3) is 0 Å². The van der Waals surface area contributed by atoms with Crippen LogP contribution in [-0.4, -0.2) is 66.7 Å². The maximum absolute atomic E-state index is 12.6. The van der Waals surface area contributed by atoms with E-state index in [1.54, 1.807) is 6.92 Å². The van der Waals surface area contributed by atoms with Gasteiger partial charge < -0.3 is 9.80 Å². The lowest BCUT2D eigenvalue weighted by molar-refractivity contribution is -0.186. The fourth-order valence-electron chi connectivity index (χ4n) is 2.32. The summed E-state index contributed by atoms with van der Waals surface area (Å²) in [5, 5.41) is 3.17. The number of azide groups is 1. The molecule has 0 N–H and O–H groups in total. The number of alkyl halides is 6. The normalized spacial score (nSPS) is 11.7. The van der Waals surface area contributed by atoms with Gasteiger partial charge in [0.15, 0.2) is 0 Å². The molecule has 0 radical (unpaired) electrons. The van der Waals surface area contributed by atoms with E-state index in [1.807, 2.05) is 0 Å². The van der Waals surface area contributed by atoms with Crippen molar-refractivity contribution in [3.8, 4) is 0 Å². The topological polar surface area (TPSA) is 89.4 Å². The van der Waals surface area contributed by atoms with Crippen LogP contribution in [0.5, 0.6) is 0 Å². The Morgan fingerprint density at radius 2 is 1.21 bits per heavy atom. The predicted octanol–water partition coefficient (Wildman–Crippen LogP) is 4.05. The van der Waals surface area contributed by atoms with Gasteiger partial charge in [0.1, 0.15) is 0 Å². The second-order valence-electron chi connectivity index (χ2n) is 5.95. The number of carbonyl (C=O) groups excluding carboxylic acids is 2. The van der Waals surface area contributed by atoms with Crippen LogP contribution in [0.2, 0.25) is 0 Å². The zero-order chi connectivity index (χ0) is 21.8. The first-order valence-electron chi connectivity index (χ1n) is 8.68. The van der Waals surface area contributed by atoms with Gasteiger partial charge in [-0.1, -0.05) is 18.5 Å². The standard InChI is InChI=1S/C15H23F6N5O2/c1-2-3-8-25(12(27)14(16,17)18)9-4-5-10-26(11-6-7-23-24-22)13(28)15(19,20)21/h2-11H2,1H3. The Balaban J connectivity index is 4.74. The second-order valence-corrected chi connectivity index (χ2v) is 5.95. The van der Waals surface area contributed by atoms with E-state index in [2.05, 4.69) is 10.0 Å². The van der Waals surface area contributed by atoms with Crippen molar-refractivity contribution in [3.05, 3.63) is 10.4 Å². The highest BCUT2D eigenvalue weighted by Crippen LogP contribution is 2.21. The lowest BCUT2D eigenvalue weighted by Crippen LogP contribution is -2.43. The van der Waals surface area contributed by atoms with E-state index in [0.717, 1.165) is 0 Å². The van der Waals surface area contributed by atoms with Gasteiger partial charge in [0.2, 0.25) is 0 Å². The quantitative estimate of drug-likeness (QED) is 0.157. The van der Waals surface area contributed by atoms with Crippen LogP contribution in [0, 0.1) is 0 Å². The number of halogens is 6. The first-order chi connectivity index (χ1) is 12.9. The fourth-order valence-corrected chi connectivity index (χ4v) is 2.32. The van der Waals surface area contributed by atoms with Gasteiger partial charge in [-0.3, -0.25) is 9.59 Å². The molecule has 0 saturated heterocycles. The highest BCUT2D eigenvalue weighted by molar-refractivity contribution is 5.82. The number of hydrogen-bond acceptors (Lipinski definition) is 3. The Morgan fingerprint density at radius 3 is 1.57 bits per heavy atom. The summed E-state index contributed by atoms with van der Waals surface area (Å²) in [5.74, 6) is -4.05. The van der Waals surface area contributed by atoms with Gasteiger partial charge in [0, 0.05) is 37.6 Å². The van der Waals surface area contributed by atoms with Crippen molar-refractivity contribution in [3.63, 3.8) is 0 Å². The van der Waals surface area contributed by atoms with Crippen LogP contribution in [0.1, 0.15) is 39.0 Å². The van der Waals surface area contributed by atoms with Crippen molar-refractivity contribution < 1.29 is 35.9 Å². The van der Waals surface area contributed by atoms with Crippen LogP contribution < -0.4 is 0 Å². The molecular formula is C15H23F6N5O2. The zero-order valence-electron chi connectivity index (χ0n) is 15.4. The van der Waals surface area contributed by atoms with E-state index in [9.17, 15) is 35.9 Å². The molecule has 0 aromatic heterocycles. The summed E-state index contributed by atoms with van der Waals surface area (Å²) in [7, 11) is 0. The number of nitrogens with zero attached hydrogens (tertiary/aromatic N) is 5. The molecule has 0 fully saturated rings. The lowest BCUT2D eigenvalue weighted by Gasteiger charge is -2.26. The third-order valence-corrected chi connectivity index (χ3v) is 3.70. The van der Waals surface area contributed by atoms with E-state index in [-0.39, 0.29) is 52.0 Å². The second kappa shape index (κ2) is 12.3. The summed E-state index contributed by atoms with van der Waals surface area (Å²) in [6.45, 7) is 0.627. The summed E-state index contributed by atoms with van der Waals surface area (Å²) < 4.78 is 75.7. The average molecular weight is 419 g/mol. The summed E-state index contributed by atoms with van der Waals surface area (Å²) in [5.41, 5.74) is 8.14. The summed E-state index contributed by atoms with van der Waals surface area (Å²) in [4.78, 5) is 26.4. The number of hydrogen-bond donors (Lipinski definition) is 0. The summed E-state index contributed by atoms with van der Waals surface area (Å²) >= 11 is 0. The molecule has 0 rings (SSSR count). The first kappa shape index (κ1) is 25.8. The number of carbonyl (C=O) groups is 2. The molecule has 7 nitrogen and oxygen atoms in total. The number of amides is 2. The molecule has 0 aliphatic rings. The largest absolute Gasteiger partial charge is 0.471 e. The third-order valence-electron chi connectivity index (χ3n) is 3.70. The highest BCUT2D eigenvalue weighted by atomic mass is 19.4. The van der Waals surface area contributed by atoms with Gasteiger partial charge in [0.05, 0.1) is 0 Å². The molecule has 2 amide bonds. The highest BCUT2D eigenvalue weighted by Gasteiger charge is 2.43. The molecule has 0 spiro atoms. The maximum Gasteiger partial charge on any atom is 0.471 e. The molecule has 0 bridgehead atoms. The molecule has 0 heterocycles. The van der Waals surface area contributed by atoms with Crippen LogP contribution >= 0.6 is 0 Å². The minimum atomic E-state index is -5.09. The van der Waals surface area contributed by atoms with Crippen LogP contribution in [0.25, 0.3) is 10.4 Å². The molecule has 0 aromatic rings. The van der Waals surface area contributed by atoms with Crippen LogP contribution in [0.3, 0.4) is 0 Å². The molecule has 0 saturated carbocycles. The van der Waals surface area contributed by atoms with Crippen molar-refractivity contribution in [2.75, 3.05) is 32.7 Å². The van der Waals surface area contributed by atoms with E-state index >= 15 is 0 Å². The van der Waals surface area contributed by atoms with E-state index in [1.165, 1.54) is 0 Å². The SMILES string of the molecule is CCCCN(CCCCN(CCCN=[N+]=[N-])C(=O)C(F)(F)F)C(=O)C(F)(F)F. The smallest absolute Gasteiger partial charge is 0.335 e. The molecule has 13 heteroatoms. The average Bonchev–Trinajstić information content (AvgIpc) is 2.60. The molecule has 0 atom stereocenters. The molecule has 0 aliphatic carbocycles. The van der Waals surface area contributed by atoms with Crippen molar-refractivity contribution in [1.29, 1.82) is 0 Å². The van der Waals surface area contributed by atoms with Crippen LogP contribution in [-0.2, 0) is 9.59 Å². The lowest BCUT2D eigenvalue weighted by atomic mass is 10.2. The third kappa shape index (κ3) is 10.2. The van der Waals surface area contributed by atoms with Crippen LogP contribution in [0.4, 0.5) is 26.3 Å². The Bertz CT molecular complexity index is 546. The van der Waals surface area contributed by atoms with Crippen molar-refractivity contribution in [2.45, 2.75) is 51.4 Å². The fraction of sp³-hybridized carbons (Fsp3) is 0.867. The van der Waals surface area contributed by atoms with E-state index in [0.29, 0.717) is 22.6 Å². The van der Waals surface area contributed by atoms with Gasteiger partial charge in [-0.2, -0.15) is 26.3 Å². The molecular weight excluding hydrogens is 396 g/mol. The predicted molar refractivity (Wildman–Crippen MR) is 88.0 cm³/mol. The zero-order valence-corrected chi connectivity index (χ0v) is 15.4. The van der Waals surface area contributed by atoms with Crippen molar-refractivity contribution in [1.82, 2.24) is 9.80 Å². The maximum atomic E-state index is 12.6. The first-order valence-corrected chi connectivity index (χ1v) is 8.68.